The van der Waals surface area contributed by atoms with E-state index in [1.54, 1.807) is 4.68 Å². The van der Waals surface area contributed by atoms with Gasteiger partial charge in [-0.2, -0.15) is 9.67 Å². The number of nitrogens with zero attached hydrogens (tertiary/aromatic N) is 6. The summed E-state index contributed by atoms with van der Waals surface area (Å²) >= 11 is 1.46. The summed E-state index contributed by atoms with van der Waals surface area (Å²) in [5, 5.41) is 16.6. The molecule has 8 heteroatoms. The summed E-state index contributed by atoms with van der Waals surface area (Å²) < 4.78 is 7.00. The minimum absolute atomic E-state index is 0.129. The van der Waals surface area contributed by atoms with Gasteiger partial charge in [0.25, 0.3) is 0 Å². The highest BCUT2D eigenvalue weighted by molar-refractivity contribution is 7.98. The molecule has 1 aromatic carbocycles. The summed E-state index contributed by atoms with van der Waals surface area (Å²) in [6.45, 7) is 8.18. The molecule has 120 valence electrons. The molecule has 2 aromatic heterocycles. The van der Waals surface area contributed by atoms with Crippen LogP contribution in [0, 0.1) is 6.92 Å². The minimum Gasteiger partial charge on any atom is -0.338 e. The molecule has 0 saturated carbocycles. The number of tetrazole rings is 1. The van der Waals surface area contributed by atoms with E-state index in [0.29, 0.717) is 22.6 Å². The van der Waals surface area contributed by atoms with E-state index >= 15 is 0 Å². The number of hydrogen-bond acceptors (Lipinski definition) is 7. The van der Waals surface area contributed by atoms with Crippen molar-refractivity contribution in [3.8, 4) is 5.69 Å². The summed E-state index contributed by atoms with van der Waals surface area (Å²) in [5.41, 5.74) is 1.95. The third kappa shape index (κ3) is 3.58. The van der Waals surface area contributed by atoms with E-state index in [2.05, 4.69) is 25.7 Å². The zero-order valence-electron chi connectivity index (χ0n) is 13.5. The first-order chi connectivity index (χ1) is 10.9. The largest absolute Gasteiger partial charge is 0.338 e. The van der Waals surface area contributed by atoms with Gasteiger partial charge in [0.2, 0.25) is 11.0 Å². The molecule has 2 heterocycles. The van der Waals surface area contributed by atoms with Crippen molar-refractivity contribution in [1.29, 1.82) is 0 Å². The average molecular weight is 330 g/mol. The Kier molecular flexibility index (Phi) is 4.16. The van der Waals surface area contributed by atoms with Crippen LogP contribution in [0.4, 0.5) is 0 Å². The molecule has 0 fully saturated rings. The molecule has 0 atom stereocenters. The van der Waals surface area contributed by atoms with Crippen molar-refractivity contribution < 1.29 is 4.52 Å². The maximum absolute atomic E-state index is 5.29. The van der Waals surface area contributed by atoms with Gasteiger partial charge in [0.15, 0.2) is 5.82 Å². The Balaban J connectivity index is 1.75. The molecule has 0 aliphatic rings. The van der Waals surface area contributed by atoms with E-state index in [4.69, 9.17) is 4.52 Å². The number of aromatic nitrogens is 6. The molecule has 3 rings (SSSR count). The second-order valence-electron chi connectivity index (χ2n) is 6.26. The number of thioether (sulfide) groups is 1. The van der Waals surface area contributed by atoms with Crippen molar-refractivity contribution in [2.24, 2.45) is 0 Å². The Morgan fingerprint density at radius 2 is 2.09 bits per heavy atom. The van der Waals surface area contributed by atoms with Gasteiger partial charge in [-0.1, -0.05) is 49.8 Å². The lowest BCUT2D eigenvalue weighted by Crippen LogP contribution is -2.13. The molecule has 23 heavy (non-hydrogen) atoms. The first-order valence-corrected chi connectivity index (χ1v) is 8.23. The molecule has 0 aliphatic heterocycles. The number of rotatable bonds is 4. The summed E-state index contributed by atoms with van der Waals surface area (Å²) in [5.74, 6) is 1.79. The Hall–Kier alpha value is -2.22. The normalized spacial score (nSPS) is 11.8. The smallest absolute Gasteiger partial charge is 0.237 e. The van der Waals surface area contributed by atoms with Crippen LogP contribution in [-0.4, -0.2) is 30.3 Å². The van der Waals surface area contributed by atoms with Crippen molar-refractivity contribution in [1.82, 2.24) is 30.3 Å². The van der Waals surface area contributed by atoms with Gasteiger partial charge < -0.3 is 4.52 Å². The molecule has 0 amide bonds. The SMILES string of the molecule is Cc1cccc(-n2nnnc2SCc2nc(C(C)(C)C)no2)c1. The molecule has 3 aromatic rings. The molecule has 7 nitrogen and oxygen atoms in total. The Labute approximate surface area is 138 Å². The van der Waals surface area contributed by atoms with Crippen LogP contribution in [-0.2, 0) is 11.2 Å². The Bertz CT molecular complexity index is 804. The quantitative estimate of drug-likeness (QED) is 0.680. The van der Waals surface area contributed by atoms with Gasteiger partial charge in [0, 0.05) is 5.41 Å². The van der Waals surface area contributed by atoms with Crippen LogP contribution < -0.4 is 0 Å². The van der Waals surface area contributed by atoms with Crippen molar-refractivity contribution in [3.05, 3.63) is 41.5 Å². The van der Waals surface area contributed by atoms with Gasteiger partial charge >= 0.3 is 0 Å². The van der Waals surface area contributed by atoms with Gasteiger partial charge in [-0.3, -0.25) is 0 Å². The van der Waals surface area contributed by atoms with E-state index in [-0.39, 0.29) is 5.41 Å². The molecule has 0 spiro atoms. The van der Waals surface area contributed by atoms with E-state index in [1.165, 1.54) is 11.8 Å². The monoisotopic (exact) mass is 330 g/mol. The topological polar surface area (TPSA) is 82.5 Å². The highest BCUT2D eigenvalue weighted by Crippen LogP contribution is 2.24. The molecule has 0 radical (unpaired) electrons. The van der Waals surface area contributed by atoms with Crippen LogP contribution in [0.15, 0.2) is 33.9 Å². The lowest BCUT2D eigenvalue weighted by Gasteiger charge is -2.10. The highest BCUT2D eigenvalue weighted by Gasteiger charge is 2.21. The standard InChI is InChI=1S/C15H18N6OS/c1-10-6-5-7-11(8-10)21-14(17-19-20-21)23-9-12-16-13(18-22-12)15(2,3)4/h5-8H,9H2,1-4H3. The number of aryl methyl sites for hydroxylation is 1. The van der Waals surface area contributed by atoms with Crippen LogP contribution in [0.2, 0.25) is 0 Å². The van der Waals surface area contributed by atoms with Gasteiger partial charge in [-0.05, 0) is 35.0 Å². The number of hydrogen-bond donors (Lipinski definition) is 0. The van der Waals surface area contributed by atoms with Gasteiger partial charge in [-0.25, -0.2) is 0 Å². The highest BCUT2D eigenvalue weighted by atomic mass is 32.2. The fourth-order valence-corrected chi connectivity index (χ4v) is 2.66. The van der Waals surface area contributed by atoms with E-state index in [9.17, 15) is 0 Å². The van der Waals surface area contributed by atoms with Crippen molar-refractivity contribution in [3.63, 3.8) is 0 Å². The molecule has 0 aliphatic carbocycles. The summed E-state index contributed by atoms with van der Waals surface area (Å²) in [4.78, 5) is 4.42. The lowest BCUT2D eigenvalue weighted by atomic mass is 9.96. The maximum atomic E-state index is 5.29. The molecule has 0 saturated heterocycles. The minimum atomic E-state index is -0.129. The molecular formula is C15H18N6OS. The third-order valence-corrected chi connectivity index (χ3v) is 4.05. The fraction of sp³-hybridized carbons (Fsp3) is 0.400. The van der Waals surface area contributed by atoms with Gasteiger partial charge in [-0.15, -0.1) is 5.10 Å². The zero-order valence-corrected chi connectivity index (χ0v) is 14.3. The average Bonchev–Trinajstić information content (AvgIpc) is 3.14. The van der Waals surface area contributed by atoms with E-state index in [0.717, 1.165) is 11.3 Å². The van der Waals surface area contributed by atoms with Crippen LogP contribution in [0.3, 0.4) is 0 Å². The molecule has 0 N–H and O–H groups in total. The first kappa shape index (κ1) is 15.7. The predicted octanol–water partition coefficient (Wildman–Crippen LogP) is 2.94. The van der Waals surface area contributed by atoms with Crippen LogP contribution in [0.5, 0.6) is 0 Å². The van der Waals surface area contributed by atoms with Crippen LogP contribution >= 0.6 is 11.8 Å². The van der Waals surface area contributed by atoms with Gasteiger partial charge in [0.1, 0.15) is 0 Å². The van der Waals surface area contributed by atoms with Gasteiger partial charge in [0.05, 0.1) is 11.4 Å². The van der Waals surface area contributed by atoms with Crippen molar-refractivity contribution in [2.45, 2.75) is 44.0 Å². The molecule has 0 bridgehead atoms. The summed E-state index contributed by atoms with van der Waals surface area (Å²) in [6, 6.07) is 8.02. The first-order valence-electron chi connectivity index (χ1n) is 7.25. The molecule has 0 unspecified atom stereocenters. The zero-order chi connectivity index (χ0) is 16.4. The Morgan fingerprint density at radius 3 is 2.78 bits per heavy atom. The Morgan fingerprint density at radius 1 is 1.26 bits per heavy atom. The molecular weight excluding hydrogens is 312 g/mol. The predicted molar refractivity (Wildman–Crippen MR) is 86.5 cm³/mol. The van der Waals surface area contributed by atoms with Crippen molar-refractivity contribution >= 4 is 11.8 Å². The summed E-state index contributed by atoms with van der Waals surface area (Å²) in [7, 11) is 0. The van der Waals surface area contributed by atoms with Crippen LogP contribution in [0.1, 0.15) is 38.0 Å². The number of benzene rings is 1. The van der Waals surface area contributed by atoms with E-state index < -0.39 is 0 Å². The maximum Gasteiger partial charge on any atom is 0.237 e. The van der Waals surface area contributed by atoms with Crippen molar-refractivity contribution in [2.75, 3.05) is 0 Å². The second kappa shape index (κ2) is 6.11. The summed E-state index contributed by atoms with van der Waals surface area (Å²) in [6.07, 6.45) is 0. The second-order valence-corrected chi connectivity index (χ2v) is 7.21. The van der Waals surface area contributed by atoms with E-state index in [1.807, 2.05) is 52.0 Å². The van der Waals surface area contributed by atoms with Crippen LogP contribution in [0.25, 0.3) is 5.69 Å². The fourth-order valence-electron chi connectivity index (χ4n) is 1.94. The third-order valence-electron chi connectivity index (χ3n) is 3.15. The lowest BCUT2D eigenvalue weighted by molar-refractivity contribution is 0.372.